The average molecular weight is 300 g/mol. The van der Waals surface area contributed by atoms with Crippen molar-refractivity contribution in [2.75, 3.05) is 19.8 Å². The molecular formula is C18H24N2O2. The predicted molar refractivity (Wildman–Crippen MR) is 85.3 cm³/mol. The molecule has 1 aliphatic rings. The summed E-state index contributed by atoms with van der Waals surface area (Å²) in [5.74, 6) is 2.70. The number of aryl methyl sites for hydroxylation is 1. The van der Waals surface area contributed by atoms with Gasteiger partial charge in [0.1, 0.15) is 11.5 Å². The number of pyridine rings is 1. The number of hydrogen-bond acceptors (Lipinski definition) is 4. The van der Waals surface area contributed by atoms with Crippen LogP contribution in [0.2, 0.25) is 0 Å². The van der Waals surface area contributed by atoms with E-state index in [1.54, 1.807) is 0 Å². The normalized spacial score (nSPS) is 16.3. The first-order chi connectivity index (χ1) is 10.8. The van der Waals surface area contributed by atoms with Gasteiger partial charge in [0.05, 0.1) is 12.2 Å². The number of aromatic nitrogens is 1. The van der Waals surface area contributed by atoms with E-state index in [1.165, 1.54) is 0 Å². The Bertz CT molecular complexity index is 561. The zero-order valence-electron chi connectivity index (χ0n) is 13.2. The summed E-state index contributed by atoms with van der Waals surface area (Å²) in [5.41, 5.74) is 1.11. The summed E-state index contributed by atoms with van der Waals surface area (Å²) >= 11 is 0. The first-order valence-electron chi connectivity index (χ1n) is 8.05. The van der Waals surface area contributed by atoms with Crippen LogP contribution in [0.3, 0.4) is 0 Å². The van der Waals surface area contributed by atoms with Gasteiger partial charge in [-0.05, 0) is 49.9 Å². The van der Waals surface area contributed by atoms with Gasteiger partial charge in [-0.3, -0.25) is 9.88 Å². The largest absolute Gasteiger partial charge is 0.465 e. The quantitative estimate of drug-likeness (QED) is 0.819. The zero-order chi connectivity index (χ0) is 15.2. The Labute approximate surface area is 132 Å². The van der Waals surface area contributed by atoms with E-state index in [1.807, 2.05) is 31.3 Å². The fourth-order valence-electron chi connectivity index (χ4n) is 2.99. The first kappa shape index (κ1) is 15.3. The van der Waals surface area contributed by atoms with E-state index in [0.717, 1.165) is 62.9 Å². The van der Waals surface area contributed by atoms with E-state index in [-0.39, 0.29) is 0 Å². The summed E-state index contributed by atoms with van der Waals surface area (Å²) in [7, 11) is 0. The Morgan fingerprint density at radius 1 is 1.14 bits per heavy atom. The lowest BCUT2D eigenvalue weighted by atomic mass is 9.99. The minimum Gasteiger partial charge on any atom is -0.465 e. The minimum absolute atomic E-state index is 0.702. The molecule has 2 aromatic rings. The molecule has 0 spiro atoms. The molecule has 0 radical (unpaired) electrons. The van der Waals surface area contributed by atoms with Crippen LogP contribution in [0.15, 0.2) is 40.9 Å². The van der Waals surface area contributed by atoms with Crippen molar-refractivity contribution < 1.29 is 9.15 Å². The van der Waals surface area contributed by atoms with E-state index in [0.29, 0.717) is 5.92 Å². The van der Waals surface area contributed by atoms with Crippen molar-refractivity contribution in [1.29, 1.82) is 0 Å². The monoisotopic (exact) mass is 300 g/mol. The summed E-state index contributed by atoms with van der Waals surface area (Å²) < 4.78 is 11.2. The lowest BCUT2D eigenvalue weighted by Gasteiger charge is -2.29. The Morgan fingerprint density at radius 2 is 2.00 bits per heavy atom. The molecule has 0 atom stereocenters. The Hall–Kier alpha value is -1.65. The van der Waals surface area contributed by atoms with E-state index in [9.17, 15) is 0 Å². The van der Waals surface area contributed by atoms with E-state index in [2.05, 4.69) is 22.0 Å². The molecule has 1 fully saturated rings. The summed E-state index contributed by atoms with van der Waals surface area (Å²) in [6.45, 7) is 6.54. The van der Waals surface area contributed by atoms with Crippen LogP contribution < -0.4 is 0 Å². The number of hydrogen-bond donors (Lipinski definition) is 0. The molecule has 1 saturated heterocycles. The second-order valence-corrected chi connectivity index (χ2v) is 6.06. The van der Waals surface area contributed by atoms with Crippen LogP contribution in [0.25, 0.3) is 0 Å². The third-order valence-corrected chi connectivity index (χ3v) is 4.14. The molecule has 22 heavy (non-hydrogen) atoms. The topological polar surface area (TPSA) is 38.5 Å². The molecule has 0 saturated carbocycles. The molecule has 1 aliphatic heterocycles. The summed E-state index contributed by atoms with van der Waals surface area (Å²) in [6, 6.07) is 10.2. The fraction of sp³-hybridized carbons (Fsp3) is 0.500. The highest BCUT2D eigenvalue weighted by molar-refractivity contribution is 5.07. The minimum atomic E-state index is 0.702. The molecule has 0 amide bonds. The van der Waals surface area contributed by atoms with Gasteiger partial charge in [-0.2, -0.15) is 0 Å². The van der Waals surface area contributed by atoms with Gasteiger partial charge in [0, 0.05) is 32.5 Å². The molecule has 3 rings (SSSR count). The molecular weight excluding hydrogens is 276 g/mol. The number of furan rings is 1. The van der Waals surface area contributed by atoms with Gasteiger partial charge in [0.2, 0.25) is 0 Å². The summed E-state index contributed by atoms with van der Waals surface area (Å²) in [5, 5.41) is 0. The lowest BCUT2D eigenvalue weighted by Crippen LogP contribution is -2.32. The zero-order valence-corrected chi connectivity index (χ0v) is 13.2. The predicted octanol–water partition coefficient (Wildman–Crippen LogP) is 3.41. The van der Waals surface area contributed by atoms with Crippen LogP contribution in [0, 0.1) is 12.8 Å². The van der Waals surface area contributed by atoms with Gasteiger partial charge < -0.3 is 9.15 Å². The lowest BCUT2D eigenvalue weighted by molar-refractivity contribution is 0.0489. The first-order valence-corrected chi connectivity index (χ1v) is 8.05. The molecule has 0 aliphatic carbocycles. The van der Waals surface area contributed by atoms with Crippen molar-refractivity contribution in [3.05, 3.63) is 53.7 Å². The molecule has 118 valence electrons. The van der Waals surface area contributed by atoms with Crippen molar-refractivity contribution >= 4 is 0 Å². The van der Waals surface area contributed by atoms with E-state index < -0.39 is 0 Å². The maximum atomic E-state index is 5.75. The van der Waals surface area contributed by atoms with Gasteiger partial charge in [-0.15, -0.1) is 0 Å². The van der Waals surface area contributed by atoms with Crippen molar-refractivity contribution in [1.82, 2.24) is 9.88 Å². The van der Waals surface area contributed by atoms with Gasteiger partial charge in [-0.25, -0.2) is 0 Å². The van der Waals surface area contributed by atoms with Crippen molar-refractivity contribution in [2.45, 2.75) is 32.9 Å². The number of rotatable bonds is 6. The van der Waals surface area contributed by atoms with Crippen LogP contribution in [-0.4, -0.2) is 29.6 Å². The molecule has 0 unspecified atom stereocenters. The summed E-state index contributed by atoms with van der Waals surface area (Å²) in [4.78, 5) is 6.90. The van der Waals surface area contributed by atoms with E-state index >= 15 is 0 Å². The molecule has 4 heteroatoms. The highest BCUT2D eigenvalue weighted by Crippen LogP contribution is 2.19. The maximum Gasteiger partial charge on any atom is 0.118 e. The van der Waals surface area contributed by atoms with Crippen molar-refractivity contribution in [3.63, 3.8) is 0 Å². The fourth-order valence-corrected chi connectivity index (χ4v) is 2.99. The highest BCUT2D eigenvalue weighted by atomic mass is 16.5. The second kappa shape index (κ2) is 7.56. The van der Waals surface area contributed by atoms with Crippen LogP contribution in [-0.2, 0) is 17.8 Å². The third kappa shape index (κ3) is 4.42. The van der Waals surface area contributed by atoms with Crippen LogP contribution in [0.5, 0.6) is 0 Å². The number of ether oxygens (including phenoxy) is 1. The van der Waals surface area contributed by atoms with Crippen LogP contribution in [0.1, 0.15) is 30.1 Å². The molecule has 2 aromatic heterocycles. The molecule has 0 N–H and O–H groups in total. The Balaban J connectivity index is 1.66. The van der Waals surface area contributed by atoms with Crippen LogP contribution in [0.4, 0.5) is 0 Å². The second-order valence-electron chi connectivity index (χ2n) is 6.06. The van der Waals surface area contributed by atoms with Gasteiger partial charge in [-0.1, -0.05) is 6.07 Å². The summed E-state index contributed by atoms with van der Waals surface area (Å²) in [6.07, 6.45) is 4.16. The smallest absolute Gasteiger partial charge is 0.118 e. The van der Waals surface area contributed by atoms with E-state index in [4.69, 9.17) is 9.15 Å². The highest BCUT2D eigenvalue weighted by Gasteiger charge is 2.19. The number of nitrogens with zero attached hydrogens (tertiary/aromatic N) is 2. The van der Waals surface area contributed by atoms with Gasteiger partial charge >= 0.3 is 0 Å². The molecule has 4 nitrogen and oxygen atoms in total. The van der Waals surface area contributed by atoms with Gasteiger partial charge in [0.15, 0.2) is 0 Å². The Kier molecular flexibility index (Phi) is 5.24. The third-order valence-electron chi connectivity index (χ3n) is 4.14. The molecule has 0 bridgehead atoms. The van der Waals surface area contributed by atoms with Crippen molar-refractivity contribution in [2.24, 2.45) is 5.92 Å². The van der Waals surface area contributed by atoms with Crippen LogP contribution >= 0.6 is 0 Å². The SMILES string of the molecule is Cc1ccc(CN(Cc2ccccn2)CC2CCOCC2)o1. The van der Waals surface area contributed by atoms with Gasteiger partial charge in [0.25, 0.3) is 0 Å². The standard InChI is InChI=1S/C18H24N2O2/c1-15-5-6-18(22-15)14-20(12-16-7-10-21-11-8-16)13-17-4-2-3-9-19-17/h2-6,9,16H,7-8,10-14H2,1H3. The average Bonchev–Trinajstić information content (AvgIpc) is 2.94. The Morgan fingerprint density at radius 3 is 2.68 bits per heavy atom. The van der Waals surface area contributed by atoms with Crippen molar-refractivity contribution in [3.8, 4) is 0 Å². The molecule has 3 heterocycles. The molecule has 0 aromatic carbocycles. The maximum absolute atomic E-state index is 5.75.